The van der Waals surface area contributed by atoms with Crippen LogP contribution in [-0.2, 0) is 4.79 Å². The van der Waals surface area contributed by atoms with Crippen LogP contribution in [-0.4, -0.2) is 25.5 Å². The highest BCUT2D eigenvalue weighted by atomic mass is 16.1. The SMILES string of the molecule is CNCC(=O)NC(C)CCCC(C)C. The van der Waals surface area contributed by atoms with Gasteiger partial charge in [-0.15, -0.1) is 0 Å². The van der Waals surface area contributed by atoms with E-state index in [9.17, 15) is 4.79 Å². The highest BCUT2D eigenvalue weighted by Gasteiger charge is 2.06. The largest absolute Gasteiger partial charge is 0.353 e. The average Bonchev–Trinajstić information content (AvgIpc) is 2.03. The monoisotopic (exact) mass is 200 g/mol. The highest BCUT2D eigenvalue weighted by molar-refractivity contribution is 5.78. The van der Waals surface area contributed by atoms with Crippen LogP contribution in [0.5, 0.6) is 0 Å². The first-order chi connectivity index (χ1) is 6.56. The summed E-state index contributed by atoms with van der Waals surface area (Å²) in [7, 11) is 1.78. The number of likely N-dealkylation sites (N-methyl/N-ethyl adjacent to an activating group) is 1. The summed E-state index contributed by atoms with van der Waals surface area (Å²) < 4.78 is 0. The Labute approximate surface area is 87.6 Å². The smallest absolute Gasteiger partial charge is 0.234 e. The van der Waals surface area contributed by atoms with Gasteiger partial charge in [-0.05, 0) is 26.3 Å². The van der Waals surface area contributed by atoms with E-state index in [-0.39, 0.29) is 5.91 Å². The second-order valence-corrected chi connectivity index (χ2v) is 4.32. The van der Waals surface area contributed by atoms with Crippen LogP contribution in [0.4, 0.5) is 0 Å². The predicted molar refractivity (Wildman–Crippen MR) is 60.2 cm³/mol. The van der Waals surface area contributed by atoms with E-state index in [1.807, 2.05) is 0 Å². The van der Waals surface area contributed by atoms with Crippen LogP contribution in [0.1, 0.15) is 40.0 Å². The van der Waals surface area contributed by atoms with Gasteiger partial charge < -0.3 is 10.6 Å². The van der Waals surface area contributed by atoms with Crippen LogP contribution >= 0.6 is 0 Å². The molecule has 0 radical (unpaired) electrons. The Bertz CT molecular complexity index is 157. The molecule has 0 spiro atoms. The average molecular weight is 200 g/mol. The van der Waals surface area contributed by atoms with Crippen molar-refractivity contribution in [3.63, 3.8) is 0 Å². The molecule has 2 N–H and O–H groups in total. The fourth-order valence-corrected chi connectivity index (χ4v) is 1.39. The lowest BCUT2D eigenvalue weighted by Gasteiger charge is -2.14. The predicted octanol–water partition coefficient (Wildman–Crippen LogP) is 1.54. The Morgan fingerprint density at radius 3 is 2.36 bits per heavy atom. The molecule has 0 heterocycles. The first-order valence-electron chi connectivity index (χ1n) is 5.50. The molecule has 3 nitrogen and oxygen atoms in total. The Hall–Kier alpha value is -0.570. The summed E-state index contributed by atoms with van der Waals surface area (Å²) in [4.78, 5) is 11.2. The van der Waals surface area contributed by atoms with Gasteiger partial charge in [0.25, 0.3) is 0 Å². The normalized spacial score (nSPS) is 12.9. The van der Waals surface area contributed by atoms with Crippen molar-refractivity contribution in [2.75, 3.05) is 13.6 Å². The van der Waals surface area contributed by atoms with Crippen molar-refractivity contribution in [2.45, 2.75) is 46.1 Å². The first-order valence-corrected chi connectivity index (χ1v) is 5.50. The molecule has 1 amide bonds. The summed E-state index contributed by atoms with van der Waals surface area (Å²) in [5.41, 5.74) is 0. The Morgan fingerprint density at radius 2 is 1.86 bits per heavy atom. The van der Waals surface area contributed by atoms with E-state index in [4.69, 9.17) is 0 Å². The topological polar surface area (TPSA) is 41.1 Å². The summed E-state index contributed by atoms with van der Waals surface area (Å²) >= 11 is 0. The number of rotatable bonds is 7. The van der Waals surface area contributed by atoms with Crippen molar-refractivity contribution >= 4 is 5.91 Å². The van der Waals surface area contributed by atoms with Gasteiger partial charge in [0.15, 0.2) is 0 Å². The van der Waals surface area contributed by atoms with Gasteiger partial charge in [0, 0.05) is 6.04 Å². The van der Waals surface area contributed by atoms with E-state index in [1.165, 1.54) is 12.8 Å². The number of hydrogen-bond donors (Lipinski definition) is 2. The van der Waals surface area contributed by atoms with Crippen LogP contribution in [0.15, 0.2) is 0 Å². The molecular weight excluding hydrogens is 176 g/mol. The number of amides is 1. The van der Waals surface area contributed by atoms with Crippen LogP contribution in [0.2, 0.25) is 0 Å². The van der Waals surface area contributed by atoms with Gasteiger partial charge in [-0.1, -0.05) is 26.7 Å². The maximum atomic E-state index is 11.2. The molecule has 14 heavy (non-hydrogen) atoms. The van der Waals surface area contributed by atoms with Gasteiger partial charge in [0.05, 0.1) is 6.54 Å². The number of carbonyl (C=O) groups excluding carboxylic acids is 1. The Morgan fingerprint density at radius 1 is 1.21 bits per heavy atom. The number of nitrogens with one attached hydrogen (secondary N) is 2. The zero-order valence-corrected chi connectivity index (χ0v) is 9.89. The van der Waals surface area contributed by atoms with Gasteiger partial charge in [0.2, 0.25) is 5.91 Å². The maximum Gasteiger partial charge on any atom is 0.234 e. The minimum atomic E-state index is 0.0875. The van der Waals surface area contributed by atoms with E-state index < -0.39 is 0 Å². The van der Waals surface area contributed by atoms with E-state index in [0.29, 0.717) is 12.6 Å². The third-order valence-corrected chi connectivity index (χ3v) is 2.16. The molecular formula is C11H24N2O. The molecule has 0 aliphatic carbocycles. The fraction of sp³-hybridized carbons (Fsp3) is 0.909. The molecule has 0 aromatic heterocycles. The quantitative estimate of drug-likeness (QED) is 0.654. The van der Waals surface area contributed by atoms with Gasteiger partial charge in [-0.2, -0.15) is 0 Å². The first kappa shape index (κ1) is 13.4. The molecule has 3 heteroatoms. The van der Waals surface area contributed by atoms with Gasteiger partial charge >= 0.3 is 0 Å². The molecule has 0 aromatic rings. The van der Waals surface area contributed by atoms with E-state index in [1.54, 1.807) is 7.05 Å². The third-order valence-electron chi connectivity index (χ3n) is 2.16. The van der Waals surface area contributed by atoms with Crippen molar-refractivity contribution in [2.24, 2.45) is 5.92 Å². The molecule has 0 saturated carbocycles. The highest BCUT2D eigenvalue weighted by Crippen LogP contribution is 2.07. The minimum absolute atomic E-state index is 0.0875. The lowest BCUT2D eigenvalue weighted by atomic mass is 10.0. The van der Waals surface area contributed by atoms with Crippen LogP contribution in [0, 0.1) is 5.92 Å². The molecule has 0 rings (SSSR count). The summed E-state index contributed by atoms with van der Waals surface area (Å²) in [6.07, 6.45) is 3.51. The number of hydrogen-bond acceptors (Lipinski definition) is 2. The molecule has 84 valence electrons. The Balaban J connectivity index is 3.44. The fourth-order valence-electron chi connectivity index (χ4n) is 1.39. The van der Waals surface area contributed by atoms with Gasteiger partial charge in [-0.3, -0.25) is 4.79 Å². The van der Waals surface area contributed by atoms with E-state index >= 15 is 0 Å². The van der Waals surface area contributed by atoms with E-state index in [0.717, 1.165) is 12.3 Å². The van der Waals surface area contributed by atoms with Crippen LogP contribution in [0.25, 0.3) is 0 Å². The summed E-state index contributed by atoms with van der Waals surface area (Å²) in [5.74, 6) is 0.847. The standard InChI is InChI=1S/C11H24N2O/c1-9(2)6-5-7-10(3)13-11(14)8-12-4/h9-10,12H,5-8H2,1-4H3,(H,13,14). The van der Waals surface area contributed by atoms with Crippen LogP contribution in [0.3, 0.4) is 0 Å². The lowest BCUT2D eigenvalue weighted by molar-refractivity contribution is -0.120. The lowest BCUT2D eigenvalue weighted by Crippen LogP contribution is -2.38. The molecule has 1 unspecified atom stereocenters. The molecule has 0 bridgehead atoms. The van der Waals surface area contributed by atoms with Crippen LogP contribution < -0.4 is 10.6 Å². The van der Waals surface area contributed by atoms with Crippen molar-refractivity contribution in [3.05, 3.63) is 0 Å². The molecule has 0 aromatic carbocycles. The van der Waals surface area contributed by atoms with Gasteiger partial charge in [-0.25, -0.2) is 0 Å². The second kappa shape index (κ2) is 7.80. The summed E-state index contributed by atoms with van der Waals surface area (Å²) in [6, 6.07) is 0.301. The van der Waals surface area contributed by atoms with E-state index in [2.05, 4.69) is 31.4 Å². The minimum Gasteiger partial charge on any atom is -0.353 e. The molecule has 0 fully saturated rings. The van der Waals surface area contributed by atoms with Crippen molar-refractivity contribution in [1.29, 1.82) is 0 Å². The summed E-state index contributed by atoms with van der Waals surface area (Å²) in [5, 5.41) is 5.79. The molecule has 0 aliphatic rings. The number of carbonyl (C=O) groups is 1. The summed E-state index contributed by atoms with van der Waals surface area (Å²) in [6.45, 7) is 6.93. The zero-order valence-electron chi connectivity index (χ0n) is 9.89. The van der Waals surface area contributed by atoms with Crippen molar-refractivity contribution in [3.8, 4) is 0 Å². The molecule has 0 saturated heterocycles. The second-order valence-electron chi connectivity index (χ2n) is 4.32. The zero-order chi connectivity index (χ0) is 11.0. The maximum absolute atomic E-state index is 11.2. The molecule has 0 aliphatic heterocycles. The van der Waals surface area contributed by atoms with Crippen molar-refractivity contribution in [1.82, 2.24) is 10.6 Å². The third kappa shape index (κ3) is 8.05. The van der Waals surface area contributed by atoms with Crippen molar-refractivity contribution < 1.29 is 4.79 Å². The Kier molecular flexibility index (Phi) is 7.48. The van der Waals surface area contributed by atoms with Gasteiger partial charge in [0.1, 0.15) is 0 Å². The molecule has 1 atom stereocenters.